The summed E-state index contributed by atoms with van der Waals surface area (Å²) in [6, 6.07) is 0. The van der Waals surface area contributed by atoms with Crippen LogP contribution in [0.15, 0.2) is 16.7 Å². The average Bonchev–Trinajstić information content (AvgIpc) is 2.85. The molecule has 0 saturated heterocycles. The van der Waals surface area contributed by atoms with Gasteiger partial charge >= 0.3 is 5.97 Å². The second kappa shape index (κ2) is 3.62. The average molecular weight is 226 g/mol. The largest absolute Gasteiger partial charge is 0.466 e. The molecule has 1 aliphatic rings. The number of hydrogen-bond donors (Lipinski definition) is 0. The lowest BCUT2D eigenvalue weighted by molar-refractivity contribution is -0.164. The molecule has 0 bridgehead atoms. The third-order valence-electron chi connectivity index (χ3n) is 2.16. The van der Waals surface area contributed by atoms with Crippen LogP contribution in [-0.4, -0.2) is 29.4 Å². The lowest BCUT2D eigenvalue weighted by atomic mass is 10.0. The molecule has 0 radical (unpaired) electrons. The predicted molar refractivity (Wildman–Crippen MR) is 54.8 cm³/mol. The predicted octanol–water partition coefficient (Wildman–Crippen LogP) is 1.20. The summed E-state index contributed by atoms with van der Waals surface area (Å²) < 4.78 is 4.65. The van der Waals surface area contributed by atoms with E-state index in [1.807, 2.05) is 5.38 Å². The first kappa shape index (κ1) is 10.1. The second-order valence-electron chi connectivity index (χ2n) is 3.37. The van der Waals surface area contributed by atoms with Gasteiger partial charge in [0.2, 0.25) is 5.60 Å². The van der Waals surface area contributed by atoms with Crippen molar-refractivity contribution in [2.24, 2.45) is 5.16 Å². The molecule has 0 fully saturated rings. The number of carbonyl (C=O) groups excluding carboxylic acids is 1. The van der Waals surface area contributed by atoms with Crippen molar-refractivity contribution in [3.8, 4) is 0 Å². The fraction of sp³-hybridized carbons (Fsp3) is 0.444. The smallest absolute Gasteiger partial charge is 0.353 e. The summed E-state index contributed by atoms with van der Waals surface area (Å²) in [6.45, 7) is 1.66. The third-order valence-corrected chi connectivity index (χ3v) is 2.98. The number of nitrogens with zero attached hydrogens (tertiary/aromatic N) is 2. The summed E-state index contributed by atoms with van der Waals surface area (Å²) in [4.78, 5) is 20.6. The zero-order valence-electron chi connectivity index (χ0n) is 8.39. The van der Waals surface area contributed by atoms with Crippen LogP contribution in [0.4, 0.5) is 0 Å². The first-order valence-corrected chi connectivity index (χ1v) is 5.27. The summed E-state index contributed by atoms with van der Waals surface area (Å²) in [7, 11) is 1.33. The summed E-state index contributed by atoms with van der Waals surface area (Å²) in [6.07, 6.45) is 2.09. The Labute approximate surface area is 90.7 Å². The quantitative estimate of drug-likeness (QED) is 0.711. The van der Waals surface area contributed by atoms with Crippen molar-refractivity contribution < 1.29 is 14.4 Å². The van der Waals surface area contributed by atoms with E-state index < -0.39 is 11.6 Å². The van der Waals surface area contributed by atoms with Gasteiger partial charge in [0.05, 0.1) is 7.11 Å². The molecule has 1 aromatic rings. The van der Waals surface area contributed by atoms with E-state index in [1.165, 1.54) is 18.4 Å². The van der Waals surface area contributed by atoms with Crippen molar-refractivity contribution in [3.05, 3.63) is 16.6 Å². The van der Waals surface area contributed by atoms with Gasteiger partial charge in [-0.05, 0) is 6.92 Å². The number of aromatic nitrogens is 1. The Balaban J connectivity index is 2.14. The van der Waals surface area contributed by atoms with E-state index in [0.29, 0.717) is 12.1 Å². The number of hydrogen-bond acceptors (Lipinski definition) is 6. The van der Waals surface area contributed by atoms with Gasteiger partial charge in [-0.1, -0.05) is 5.16 Å². The minimum atomic E-state index is -1.00. The van der Waals surface area contributed by atoms with Crippen LogP contribution in [0.25, 0.3) is 0 Å². The summed E-state index contributed by atoms with van der Waals surface area (Å²) in [5.74, 6) is -0.419. The Kier molecular flexibility index (Phi) is 2.44. The number of carbonyl (C=O) groups is 1. The summed E-state index contributed by atoms with van der Waals surface area (Å²) in [5.41, 5.74) is -0.312. The van der Waals surface area contributed by atoms with Crippen molar-refractivity contribution >= 4 is 23.0 Å². The van der Waals surface area contributed by atoms with Gasteiger partial charge in [-0.2, -0.15) is 0 Å². The number of rotatable bonds is 2. The molecule has 80 valence electrons. The Bertz CT molecular complexity index is 401. The van der Waals surface area contributed by atoms with Crippen molar-refractivity contribution in [1.82, 2.24) is 4.98 Å². The standard InChI is InChI=1S/C9H10N2O3S/c1-9(8(12)13-2)5-6(11-14-9)7-10-3-4-15-7/h3-4H,5H2,1-2H3. The van der Waals surface area contributed by atoms with Crippen LogP contribution in [-0.2, 0) is 14.4 Å². The SMILES string of the molecule is COC(=O)C1(C)CC(c2nccs2)=NO1. The number of esters is 1. The first-order chi connectivity index (χ1) is 7.15. The molecule has 0 aliphatic carbocycles. The zero-order chi connectivity index (χ0) is 10.9. The molecule has 2 heterocycles. The maximum absolute atomic E-state index is 11.4. The minimum absolute atomic E-state index is 0.396. The monoisotopic (exact) mass is 226 g/mol. The molecule has 2 rings (SSSR count). The van der Waals surface area contributed by atoms with Gasteiger partial charge in [-0.15, -0.1) is 11.3 Å². The summed E-state index contributed by atoms with van der Waals surface area (Å²) in [5, 5.41) is 6.50. The van der Waals surface area contributed by atoms with E-state index in [1.54, 1.807) is 13.1 Å². The van der Waals surface area contributed by atoms with Gasteiger partial charge in [-0.25, -0.2) is 9.78 Å². The van der Waals surface area contributed by atoms with E-state index in [2.05, 4.69) is 14.9 Å². The van der Waals surface area contributed by atoms with Crippen LogP contribution in [0.5, 0.6) is 0 Å². The molecule has 1 aromatic heterocycles. The van der Waals surface area contributed by atoms with Crippen molar-refractivity contribution in [2.75, 3.05) is 7.11 Å². The Morgan fingerprint density at radius 1 is 1.73 bits per heavy atom. The first-order valence-electron chi connectivity index (χ1n) is 4.39. The van der Waals surface area contributed by atoms with Crippen LogP contribution in [0.3, 0.4) is 0 Å². The van der Waals surface area contributed by atoms with Crippen molar-refractivity contribution in [3.63, 3.8) is 0 Å². The topological polar surface area (TPSA) is 60.8 Å². The maximum Gasteiger partial charge on any atom is 0.353 e. The molecule has 0 spiro atoms. The van der Waals surface area contributed by atoms with E-state index in [0.717, 1.165) is 5.01 Å². The fourth-order valence-electron chi connectivity index (χ4n) is 1.35. The Morgan fingerprint density at radius 3 is 3.13 bits per heavy atom. The van der Waals surface area contributed by atoms with Gasteiger partial charge < -0.3 is 9.57 Å². The highest BCUT2D eigenvalue weighted by atomic mass is 32.1. The van der Waals surface area contributed by atoms with Crippen molar-refractivity contribution in [1.29, 1.82) is 0 Å². The van der Waals surface area contributed by atoms with Gasteiger partial charge in [0.25, 0.3) is 0 Å². The van der Waals surface area contributed by atoms with E-state index >= 15 is 0 Å². The van der Waals surface area contributed by atoms with Gasteiger partial charge in [-0.3, -0.25) is 0 Å². The molecule has 1 atom stereocenters. The van der Waals surface area contributed by atoms with Crippen LogP contribution < -0.4 is 0 Å². The highest BCUT2D eigenvalue weighted by Crippen LogP contribution is 2.28. The molecular weight excluding hydrogens is 216 g/mol. The second-order valence-corrected chi connectivity index (χ2v) is 4.26. The minimum Gasteiger partial charge on any atom is -0.466 e. The number of thiazole rings is 1. The molecule has 15 heavy (non-hydrogen) atoms. The van der Waals surface area contributed by atoms with E-state index in [9.17, 15) is 4.79 Å². The van der Waals surface area contributed by atoms with Gasteiger partial charge in [0, 0.05) is 18.0 Å². The number of ether oxygens (including phenoxy) is 1. The van der Waals surface area contributed by atoms with Gasteiger partial charge in [0.15, 0.2) is 0 Å². The van der Waals surface area contributed by atoms with Crippen LogP contribution in [0.2, 0.25) is 0 Å². The van der Waals surface area contributed by atoms with E-state index in [-0.39, 0.29) is 0 Å². The highest BCUT2D eigenvalue weighted by molar-refractivity contribution is 7.11. The molecular formula is C9H10N2O3S. The molecule has 5 nitrogen and oxygen atoms in total. The van der Waals surface area contributed by atoms with Gasteiger partial charge in [0.1, 0.15) is 10.7 Å². The molecule has 0 amide bonds. The van der Waals surface area contributed by atoms with Crippen LogP contribution >= 0.6 is 11.3 Å². The zero-order valence-corrected chi connectivity index (χ0v) is 9.21. The molecule has 0 saturated carbocycles. The fourth-order valence-corrected chi connectivity index (χ4v) is 1.96. The lowest BCUT2D eigenvalue weighted by Gasteiger charge is -2.17. The third kappa shape index (κ3) is 1.72. The summed E-state index contributed by atoms with van der Waals surface area (Å²) >= 11 is 1.47. The van der Waals surface area contributed by atoms with Crippen LogP contribution in [0.1, 0.15) is 18.4 Å². The molecule has 1 aliphatic heterocycles. The Hall–Kier alpha value is -1.43. The molecule has 1 unspecified atom stereocenters. The Morgan fingerprint density at radius 2 is 2.53 bits per heavy atom. The number of methoxy groups -OCH3 is 1. The normalized spacial score (nSPS) is 24.5. The maximum atomic E-state index is 11.4. The van der Waals surface area contributed by atoms with Crippen molar-refractivity contribution in [2.45, 2.75) is 18.9 Å². The van der Waals surface area contributed by atoms with Crippen LogP contribution in [0, 0.1) is 0 Å². The molecule has 6 heteroatoms. The van der Waals surface area contributed by atoms with E-state index in [4.69, 9.17) is 4.84 Å². The molecule has 0 aromatic carbocycles. The number of oxime groups is 1. The lowest BCUT2D eigenvalue weighted by Crippen LogP contribution is -2.36. The molecule has 0 N–H and O–H groups in total. The highest BCUT2D eigenvalue weighted by Gasteiger charge is 2.43.